The molecule has 0 spiro atoms. The van der Waals surface area contributed by atoms with Crippen LogP contribution in [0.25, 0.3) is 0 Å². The van der Waals surface area contributed by atoms with Gasteiger partial charge in [0, 0.05) is 0 Å². The number of nitrogens with one attached hydrogen (secondary N) is 1. The van der Waals surface area contributed by atoms with Crippen LogP contribution in [-0.4, -0.2) is 26.5 Å². The van der Waals surface area contributed by atoms with E-state index in [1.54, 1.807) is 27.7 Å². The Kier molecular flexibility index (Phi) is 5.10. The molecule has 114 valence electrons. The minimum atomic E-state index is -3.82. The summed E-state index contributed by atoms with van der Waals surface area (Å²) in [5.74, 6) is -0.656. The first-order chi connectivity index (χ1) is 9.55. The third kappa shape index (κ3) is 5.17. The first-order valence-electron chi connectivity index (χ1n) is 6.27. The highest BCUT2D eigenvalue weighted by atomic mass is 32.2. The molecule has 0 aliphatic rings. The van der Waals surface area contributed by atoms with Crippen LogP contribution in [0.1, 0.15) is 31.9 Å². The summed E-state index contributed by atoms with van der Waals surface area (Å²) in [7, 11) is -3.82. The van der Waals surface area contributed by atoms with Gasteiger partial charge in [0.25, 0.3) is 0 Å². The third-order valence-electron chi connectivity index (χ3n) is 2.46. The van der Waals surface area contributed by atoms with Crippen molar-refractivity contribution < 1.29 is 17.9 Å². The molecule has 0 aliphatic carbocycles. The molecule has 0 radical (unpaired) electrons. The molecule has 7 heteroatoms. The van der Waals surface area contributed by atoms with Crippen molar-refractivity contribution in [1.82, 2.24) is 4.72 Å². The van der Waals surface area contributed by atoms with E-state index in [0.29, 0.717) is 11.1 Å². The van der Waals surface area contributed by atoms with Crippen molar-refractivity contribution in [1.29, 1.82) is 5.26 Å². The summed E-state index contributed by atoms with van der Waals surface area (Å²) in [6, 6.07) is 6.10. The number of nitriles is 1. The van der Waals surface area contributed by atoms with E-state index in [-0.39, 0.29) is 4.90 Å². The molecule has 0 atom stereocenters. The Balaban J connectivity index is 2.81. The number of carbonyl (C=O) groups is 1. The summed E-state index contributed by atoms with van der Waals surface area (Å²) in [6.45, 7) is 6.29. The van der Waals surface area contributed by atoms with Crippen LogP contribution in [0, 0.1) is 18.3 Å². The van der Waals surface area contributed by atoms with Gasteiger partial charge in [-0.25, -0.2) is 8.42 Å². The van der Waals surface area contributed by atoms with Crippen LogP contribution < -0.4 is 4.72 Å². The van der Waals surface area contributed by atoms with Crippen molar-refractivity contribution in [3.8, 4) is 6.07 Å². The Bertz CT molecular complexity index is 682. The lowest BCUT2D eigenvalue weighted by molar-refractivity contribution is -0.153. The lowest BCUT2D eigenvalue weighted by Gasteiger charge is -2.19. The highest BCUT2D eigenvalue weighted by molar-refractivity contribution is 7.89. The molecule has 1 N–H and O–H groups in total. The number of aryl methyl sites for hydroxylation is 1. The minimum Gasteiger partial charge on any atom is -0.459 e. The van der Waals surface area contributed by atoms with Gasteiger partial charge in [0.15, 0.2) is 0 Å². The molecule has 1 aromatic carbocycles. The molecule has 0 aliphatic heterocycles. The molecule has 6 nitrogen and oxygen atoms in total. The van der Waals surface area contributed by atoms with E-state index < -0.39 is 28.1 Å². The normalized spacial score (nSPS) is 11.8. The predicted molar refractivity (Wildman–Crippen MR) is 76.9 cm³/mol. The van der Waals surface area contributed by atoms with Crippen LogP contribution in [0.4, 0.5) is 0 Å². The van der Waals surface area contributed by atoms with E-state index >= 15 is 0 Å². The summed E-state index contributed by atoms with van der Waals surface area (Å²) >= 11 is 0. The summed E-state index contributed by atoms with van der Waals surface area (Å²) < 4.78 is 31.3. The van der Waals surface area contributed by atoms with Crippen LogP contribution >= 0.6 is 0 Å². The molecule has 0 unspecified atom stereocenters. The molecule has 0 heterocycles. The molecule has 0 fully saturated rings. The molecule has 1 rings (SSSR count). The van der Waals surface area contributed by atoms with Gasteiger partial charge in [-0.05, 0) is 51.5 Å². The van der Waals surface area contributed by atoms with E-state index in [9.17, 15) is 13.2 Å². The smallest absolute Gasteiger partial charge is 0.321 e. The molecule has 0 aromatic heterocycles. The van der Waals surface area contributed by atoms with Gasteiger partial charge in [-0.2, -0.15) is 9.98 Å². The van der Waals surface area contributed by atoms with Gasteiger partial charge < -0.3 is 4.74 Å². The second kappa shape index (κ2) is 6.24. The van der Waals surface area contributed by atoms with E-state index in [2.05, 4.69) is 4.72 Å². The van der Waals surface area contributed by atoms with Crippen molar-refractivity contribution in [3.05, 3.63) is 29.3 Å². The summed E-state index contributed by atoms with van der Waals surface area (Å²) in [6.07, 6.45) is 0. The number of benzene rings is 1. The second-order valence-electron chi connectivity index (χ2n) is 5.50. The van der Waals surface area contributed by atoms with Crippen LogP contribution in [-0.2, 0) is 19.6 Å². The molecule has 1 aromatic rings. The maximum absolute atomic E-state index is 12.1. The number of esters is 1. The maximum atomic E-state index is 12.1. The van der Waals surface area contributed by atoms with Gasteiger partial charge in [-0.15, -0.1) is 0 Å². The third-order valence-corrected chi connectivity index (χ3v) is 3.85. The Hall–Kier alpha value is -1.91. The Morgan fingerprint density at radius 3 is 2.48 bits per heavy atom. The van der Waals surface area contributed by atoms with Gasteiger partial charge >= 0.3 is 5.97 Å². The second-order valence-corrected chi connectivity index (χ2v) is 7.27. The lowest BCUT2D eigenvalue weighted by Crippen LogP contribution is -2.34. The zero-order valence-electron chi connectivity index (χ0n) is 12.4. The highest BCUT2D eigenvalue weighted by Gasteiger charge is 2.20. The minimum absolute atomic E-state index is 0.00237. The van der Waals surface area contributed by atoms with Crippen molar-refractivity contribution in [3.63, 3.8) is 0 Å². The van der Waals surface area contributed by atoms with Crippen LogP contribution in [0.3, 0.4) is 0 Å². The van der Waals surface area contributed by atoms with Crippen molar-refractivity contribution >= 4 is 16.0 Å². The molecule has 0 saturated heterocycles. The van der Waals surface area contributed by atoms with E-state index in [0.717, 1.165) is 0 Å². The summed E-state index contributed by atoms with van der Waals surface area (Å²) in [4.78, 5) is 11.5. The number of nitrogens with zero attached hydrogens (tertiary/aromatic N) is 1. The predicted octanol–water partition coefficient (Wildman–Crippen LogP) is 1.49. The van der Waals surface area contributed by atoms with Gasteiger partial charge in [0.2, 0.25) is 10.0 Å². The van der Waals surface area contributed by atoms with E-state index in [1.807, 2.05) is 6.07 Å². The Morgan fingerprint density at radius 1 is 1.38 bits per heavy atom. The van der Waals surface area contributed by atoms with Gasteiger partial charge in [0.1, 0.15) is 12.1 Å². The number of ether oxygens (including phenoxy) is 1. The van der Waals surface area contributed by atoms with Crippen LogP contribution in [0.5, 0.6) is 0 Å². The fourth-order valence-electron chi connectivity index (χ4n) is 1.54. The van der Waals surface area contributed by atoms with Gasteiger partial charge in [0.05, 0.1) is 16.5 Å². The molecular formula is C14H18N2O4S. The SMILES string of the molecule is Cc1cc(S(=O)(=O)NCC(=O)OC(C)(C)C)ccc1C#N. The molecule has 0 bridgehead atoms. The first-order valence-corrected chi connectivity index (χ1v) is 7.76. The van der Waals surface area contributed by atoms with Crippen molar-refractivity contribution in [2.24, 2.45) is 0 Å². The van der Waals surface area contributed by atoms with E-state index in [4.69, 9.17) is 10.00 Å². The molecule has 21 heavy (non-hydrogen) atoms. The number of sulfonamides is 1. The molecule has 0 saturated carbocycles. The lowest BCUT2D eigenvalue weighted by atomic mass is 10.1. The number of hydrogen-bond acceptors (Lipinski definition) is 5. The molecular weight excluding hydrogens is 292 g/mol. The van der Waals surface area contributed by atoms with Crippen LogP contribution in [0.15, 0.2) is 23.1 Å². The topological polar surface area (TPSA) is 96.3 Å². The molecule has 0 amide bonds. The van der Waals surface area contributed by atoms with Crippen molar-refractivity contribution in [2.45, 2.75) is 38.2 Å². The Labute approximate surface area is 124 Å². The zero-order chi connectivity index (χ0) is 16.3. The fraction of sp³-hybridized carbons (Fsp3) is 0.429. The number of rotatable bonds is 4. The van der Waals surface area contributed by atoms with Crippen molar-refractivity contribution in [2.75, 3.05) is 6.54 Å². The maximum Gasteiger partial charge on any atom is 0.321 e. The number of hydrogen-bond donors (Lipinski definition) is 1. The zero-order valence-corrected chi connectivity index (χ0v) is 13.2. The standard InChI is InChI=1S/C14H18N2O4S/c1-10-7-12(6-5-11(10)8-15)21(18,19)16-9-13(17)20-14(2,3)4/h5-7,16H,9H2,1-4H3. The summed E-state index contributed by atoms with van der Waals surface area (Å²) in [5, 5.41) is 8.82. The number of carbonyl (C=O) groups excluding carboxylic acids is 1. The van der Waals surface area contributed by atoms with E-state index in [1.165, 1.54) is 18.2 Å². The Morgan fingerprint density at radius 2 is 2.00 bits per heavy atom. The largest absolute Gasteiger partial charge is 0.459 e. The monoisotopic (exact) mass is 310 g/mol. The quantitative estimate of drug-likeness (QED) is 0.850. The average Bonchev–Trinajstić information content (AvgIpc) is 2.34. The average molecular weight is 310 g/mol. The first kappa shape index (κ1) is 17.1. The fourth-order valence-corrected chi connectivity index (χ4v) is 2.60. The van der Waals surface area contributed by atoms with Gasteiger partial charge in [-0.1, -0.05) is 0 Å². The summed E-state index contributed by atoms with van der Waals surface area (Å²) in [5.41, 5.74) is 0.284. The van der Waals surface area contributed by atoms with Crippen LogP contribution in [0.2, 0.25) is 0 Å². The highest BCUT2D eigenvalue weighted by Crippen LogP contribution is 2.14. The van der Waals surface area contributed by atoms with Gasteiger partial charge in [-0.3, -0.25) is 4.79 Å².